The van der Waals surface area contributed by atoms with E-state index in [9.17, 15) is 9.90 Å². The highest BCUT2D eigenvalue weighted by molar-refractivity contribution is 7.07. The zero-order valence-corrected chi connectivity index (χ0v) is 18.2. The third-order valence-electron chi connectivity index (χ3n) is 5.41. The van der Waals surface area contributed by atoms with E-state index in [1.165, 1.54) is 16.9 Å². The van der Waals surface area contributed by atoms with Crippen molar-refractivity contribution < 1.29 is 14.6 Å². The van der Waals surface area contributed by atoms with Crippen molar-refractivity contribution in [3.05, 3.63) is 81.8 Å². The molecule has 0 unspecified atom stereocenters. The number of aliphatic hydroxyl groups excluding tert-OH is 1. The van der Waals surface area contributed by atoms with Crippen LogP contribution in [-0.2, 0) is 19.7 Å². The molecule has 3 aromatic rings. The van der Waals surface area contributed by atoms with E-state index in [2.05, 4.69) is 39.5 Å². The number of aromatic nitrogens is 1. The van der Waals surface area contributed by atoms with Gasteiger partial charge >= 0.3 is 0 Å². The fourth-order valence-electron chi connectivity index (χ4n) is 3.58. The monoisotopic (exact) mass is 437 g/mol. The van der Waals surface area contributed by atoms with Gasteiger partial charge in [-0.1, -0.05) is 30.3 Å². The number of piperidine rings is 1. The van der Waals surface area contributed by atoms with Crippen molar-refractivity contribution in [1.82, 2.24) is 15.2 Å². The maximum absolute atomic E-state index is 12.6. The second-order valence-electron chi connectivity index (χ2n) is 7.80. The number of nitrogens with one attached hydrogen (secondary N) is 1. The third kappa shape index (κ3) is 6.37. The maximum atomic E-state index is 12.6. The van der Waals surface area contributed by atoms with Gasteiger partial charge in [-0.2, -0.15) is 0 Å². The Morgan fingerprint density at radius 3 is 2.68 bits per heavy atom. The summed E-state index contributed by atoms with van der Waals surface area (Å²) in [4.78, 5) is 19.1. The van der Waals surface area contributed by atoms with Gasteiger partial charge < -0.3 is 15.2 Å². The van der Waals surface area contributed by atoms with E-state index in [4.69, 9.17) is 4.74 Å². The summed E-state index contributed by atoms with van der Waals surface area (Å²) in [6.45, 7) is 3.63. The number of rotatable bonds is 8. The van der Waals surface area contributed by atoms with E-state index in [-0.39, 0.29) is 12.0 Å². The normalized spacial score (nSPS) is 15.0. The van der Waals surface area contributed by atoms with Crippen LogP contribution in [0.1, 0.15) is 40.0 Å². The number of benzene rings is 2. The van der Waals surface area contributed by atoms with Crippen molar-refractivity contribution >= 4 is 17.2 Å². The highest BCUT2D eigenvalue weighted by Gasteiger charge is 2.16. The standard InChI is InChI=1S/C24H27N3O3S/c28-22-8-10-27(11-9-22)14-19-6-4-18(5-7-19)13-25-24(29)20-2-1-3-23(12-20)30-15-21-16-31-17-26-21/h1-7,12,16-17,22,28H,8-11,13-15H2,(H,25,29). The first-order valence-electron chi connectivity index (χ1n) is 10.5. The van der Waals surface area contributed by atoms with E-state index < -0.39 is 0 Å². The van der Waals surface area contributed by atoms with Crippen molar-refractivity contribution in [2.75, 3.05) is 13.1 Å². The highest BCUT2D eigenvalue weighted by Crippen LogP contribution is 2.16. The van der Waals surface area contributed by atoms with Crippen LogP contribution < -0.4 is 10.1 Å². The van der Waals surface area contributed by atoms with Crippen molar-refractivity contribution in [3.63, 3.8) is 0 Å². The van der Waals surface area contributed by atoms with Crippen LogP contribution in [0.2, 0.25) is 0 Å². The van der Waals surface area contributed by atoms with Crippen LogP contribution in [0.25, 0.3) is 0 Å². The summed E-state index contributed by atoms with van der Waals surface area (Å²) in [6, 6.07) is 15.5. The van der Waals surface area contributed by atoms with Crippen LogP contribution >= 0.6 is 11.3 Å². The molecule has 2 aromatic carbocycles. The Hall–Kier alpha value is -2.74. The van der Waals surface area contributed by atoms with Gasteiger partial charge in [-0.05, 0) is 42.2 Å². The number of hydrogen-bond donors (Lipinski definition) is 2. The van der Waals surface area contributed by atoms with Crippen molar-refractivity contribution in [1.29, 1.82) is 0 Å². The fraction of sp³-hybridized carbons (Fsp3) is 0.333. The number of hydrogen-bond acceptors (Lipinski definition) is 6. The van der Waals surface area contributed by atoms with Gasteiger partial charge in [-0.25, -0.2) is 4.98 Å². The zero-order chi connectivity index (χ0) is 21.5. The third-order valence-corrected chi connectivity index (χ3v) is 6.04. The second kappa shape index (κ2) is 10.5. The number of carbonyl (C=O) groups is 1. The van der Waals surface area contributed by atoms with E-state index in [1.54, 1.807) is 17.6 Å². The van der Waals surface area contributed by atoms with Crippen molar-refractivity contribution in [2.24, 2.45) is 0 Å². The quantitative estimate of drug-likeness (QED) is 0.563. The van der Waals surface area contributed by atoms with Gasteiger partial charge in [-0.15, -0.1) is 11.3 Å². The van der Waals surface area contributed by atoms with Crippen LogP contribution in [0.15, 0.2) is 59.4 Å². The summed E-state index contributed by atoms with van der Waals surface area (Å²) in [5, 5.41) is 14.5. The number of amides is 1. The van der Waals surface area contributed by atoms with Gasteiger partial charge in [0.2, 0.25) is 0 Å². The molecular formula is C24H27N3O3S. The van der Waals surface area contributed by atoms with Crippen LogP contribution in [-0.4, -0.2) is 40.1 Å². The molecule has 7 heteroatoms. The fourth-order valence-corrected chi connectivity index (χ4v) is 4.12. The van der Waals surface area contributed by atoms with Gasteiger partial charge in [-0.3, -0.25) is 9.69 Å². The molecule has 6 nitrogen and oxygen atoms in total. The lowest BCUT2D eigenvalue weighted by Crippen LogP contribution is -2.35. The first kappa shape index (κ1) is 21.5. The molecule has 0 saturated carbocycles. The maximum Gasteiger partial charge on any atom is 0.251 e. The largest absolute Gasteiger partial charge is 0.487 e. The Balaban J connectivity index is 1.26. The first-order chi connectivity index (χ1) is 15.2. The lowest BCUT2D eigenvalue weighted by molar-refractivity contribution is 0.0792. The molecule has 1 aliphatic rings. The Morgan fingerprint density at radius 2 is 1.94 bits per heavy atom. The smallest absolute Gasteiger partial charge is 0.251 e. The topological polar surface area (TPSA) is 74.7 Å². The molecule has 0 bridgehead atoms. The molecule has 0 atom stereocenters. The van der Waals surface area contributed by atoms with Crippen molar-refractivity contribution in [2.45, 2.75) is 38.6 Å². The molecule has 2 heterocycles. The number of likely N-dealkylation sites (tertiary alicyclic amines) is 1. The summed E-state index contributed by atoms with van der Waals surface area (Å²) < 4.78 is 5.73. The number of nitrogens with zero attached hydrogens (tertiary/aromatic N) is 2. The molecule has 162 valence electrons. The lowest BCUT2D eigenvalue weighted by Gasteiger charge is -2.29. The number of aliphatic hydroxyl groups is 1. The Kier molecular flexibility index (Phi) is 7.30. The molecular weight excluding hydrogens is 410 g/mol. The minimum atomic E-state index is -0.146. The highest BCUT2D eigenvalue weighted by atomic mass is 32.1. The minimum Gasteiger partial charge on any atom is -0.487 e. The Morgan fingerprint density at radius 1 is 1.16 bits per heavy atom. The van der Waals surface area contributed by atoms with E-state index in [1.807, 2.05) is 17.5 Å². The molecule has 2 N–H and O–H groups in total. The summed E-state index contributed by atoms with van der Waals surface area (Å²) in [7, 11) is 0. The summed E-state index contributed by atoms with van der Waals surface area (Å²) in [5.74, 6) is 0.519. The number of carbonyl (C=O) groups excluding carboxylic acids is 1. The minimum absolute atomic E-state index is 0.130. The van der Waals surface area contributed by atoms with Crippen LogP contribution in [0.3, 0.4) is 0 Å². The molecule has 0 radical (unpaired) electrons. The zero-order valence-electron chi connectivity index (χ0n) is 17.4. The molecule has 4 rings (SSSR count). The molecule has 0 spiro atoms. The number of thiazole rings is 1. The summed E-state index contributed by atoms with van der Waals surface area (Å²) in [5.41, 5.74) is 5.52. The molecule has 1 amide bonds. The van der Waals surface area contributed by atoms with Gasteiger partial charge in [0.25, 0.3) is 5.91 Å². The van der Waals surface area contributed by atoms with Crippen LogP contribution in [0.4, 0.5) is 0 Å². The second-order valence-corrected chi connectivity index (χ2v) is 8.52. The molecule has 1 aliphatic heterocycles. The Labute approximate surface area is 186 Å². The predicted octanol–water partition coefficient (Wildman–Crippen LogP) is 3.61. The SMILES string of the molecule is O=C(NCc1ccc(CN2CCC(O)CC2)cc1)c1cccc(OCc2cscn2)c1. The summed E-state index contributed by atoms with van der Waals surface area (Å²) in [6.07, 6.45) is 1.55. The van der Waals surface area contributed by atoms with E-state index in [0.29, 0.717) is 24.5 Å². The van der Waals surface area contributed by atoms with Crippen LogP contribution in [0, 0.1) is 0 Å². The summed E-state index contributed by atoms with van der Waals surface area (Å²) >= 11 is 1.53. The molecule has 1 aromatic heterocycles. The van der Waals surface area contributed by atoms with E-state index >= 15 is 0 Å². The Bertz CT molecular complexity index is 968. The van der Waals surface area contributed by atoms with Gasteiger partial charge in [0, 0.05) is 37.1 Å². The molecule has 31 heavy (non-hydrogen) atoms. The average molecular weight is 438 g/mol. The first-order valence-corrected chi connectivity index (χ1v) is 11.5. The van der Waals surface area contributed by atoms with E-state index in [0.717, 1.165) is 43.7 Å². The number of ether oxygens (including phenoxy) is 1. The van der Waals surface area contributed by atoms with Gasteiger partial charge in [0.05, 0.1) is 17.3 Å². The van der Waals surface area contributed by atoms with Gasteiger partial charge in [0.1, 0.15) is 12.4 Å². The van der Waals surface area contributed by atoms with Crippen LogP contribution in [0.5, 0.6) is 5.75 Å². The van der Waals surface area contributed by atoms with Gasteiger partial charge in [0.15, 0.2) is 0 Å². The van der Waals surface area contributed by atoms with Crippen molar-refractivity contribution in [3.8, 4) is 5.75 Å². The average Bonchev–Trinajstić information content (AvgIpc) is 3.32. The molecule has 1 saturated heterocycles. The lowest BCUT2D eigenvalue weighted by atomic mass is 10.1. The predicted molar refractivity (Wildman–Crippen MR) is 121 cm³/mol. The molecule has 0 aliphatic carbocycles. The molecule has 1 fully saturated rings.